The molecule has 1 amide bonds. The van der Waals surface area contributed by atoms with Crippen LogP contribution in [0.5, 0.6) is 11.5 Å². The molecule has 1 aliphatic rings. The van der Waals surface area contributed by atoms with E-state index >= 15 is 0 Å². The summed E-state index contributed by atoms with van der Waals surface area (Å²) in [4.78, 5) is 26.5. The van der Waals surface area contributed by atoms with Gasteiger partial charge in [-0.1, -0.05) is 19.1 Å². The molecule has 0 fully saturated rings. The van der Waals surface area contributed by atoms with Crippen molar-refractivity contribution in [2.24, 2.45) is 0 Å². The van der Waals surface area contributed by atoms with Gasteiger partial charge in [-0.3, -0.25) is 14.5 Å². The summed E-state index contributed by atoms with van der Waals surface area (Å²) in [5, 5.41) is 19.9. The number of anilines is 1. The maximum Gasteiger partial charge on any atom is 0.294 e. The first-order valence-electron chi connectivity index (χ1n) is 8.20. The smallest absolute Gasteiger partial charge is 0.294 e. The zero-order valence-electron chi connectivity index (χ0n) is 14.5. The molecule has 2 N–H and O–H groups in total. The van der Waals surface area contributed by atoms with Gasteiger partial charge in [0, 0.05) is 12.1 Å². The number of carbonyl (C=O) groups excluding carboxylic acids is 2. The van der Waals surface area contributed by atoms with E-state index in [0.717, 1.165) is 0 Å². The Morgan fingerprint density at radius 2 is 1.69 bits per heavy atom. The molecule has 26 heavy (non-hydrogen) atoms. The van der Waals surface area contributed by atoms with Crippen LogP contribution in [0, 0.1) is 0 Å². The number of phenols is 1. The topological polar surface area (TPSA) is 87.1 Å². The molecule has 0 radical (unpaired) electrons. The average Bonchev–Trinajstić information content (AvgIpc) is 2.93. The van der Waals surface area contributed by atoms with Crippen LogP contribution in [-0.2, 0) is 9.59 Å². The molecule has 1 atom stereocenters. The highest BCUT2D eigenvalue weighted by Gasteiger charge is 2.43. The van der Waals surface area contributed by atoms with Crippen molar-refractivity contribution in [3.63, 3.8) is 0 Å². The Hall–Kier alpha value is -3.28. The normalized spacial score (nSPS) is 16.9. The van der Waals surface area contributed by atoms with Gasteiger partial charge in [0.2, 0.25) is 0 Å². The number of amides is 1. The van der Waals surface area contributed by atoms with Crippen LogP contribution in [0.4, 0.5) is 5.69 Å². The lowest BCUT2D eigenvalue weighted by atomic mass is 9.95. The SMILES string of the molecule is CCC(=O)C1=C(O)C(=O)N(c2ccc(OC)cc2)C1c1ccc(O)cc1. The molecule has 0 saturated carbocycles. The Balaban J connectivity index is 2.13. The molecular formula is C20H19NO5. The number of ether oxygens (including phenoxy) is 1. The highest BCUT2D eigenvalue weighted by molar-refractivity contribution is 6.16. The minimum absolute atomic E-state index is 0.0685. The Morgan fingerprint density at radius 3 is 2.23 bits per heavy atom. The highest BCUT2D eigenvalue weighted by Crippen LogP contribution is 2.41. The standard InChI is InChI=1S/C20H19NO5/c1-3-16(23)17-18(12-4-8-14(22)9-5-12)21(20(25)19(17)24)13-6-10-15(26-2)11-7-13/h4-11,18,22,24H,3H2,1-2H3. The molecule has 0 aromatic heterocycles. The van der Waals surface area contributed by atoms with Crippen LogP contribution in [0.2, 0.25) is 0 Å². The number of aromatic hydroxyl groups is 1. The third-order valence-electron chi connectivity index (χ3n) is 4.39. The molecule has 1 unspecified atom stereocenters. The van der Waals surface area contributed by atoms with Crippen LogP contribution >= 0.6 is 0 Å². The molecular weight excluding hydrogens is 334 g/mol. The van der Waals surface area contributed by atoms with E-state index in [2.05, 4.69) is 0 Å². The van der Waals surface area contributed by atoms with E-state index in [4.69, 9.17) is 4.74 Å². The fourth-order valence-corrected chi connectivity index (χ4v) is 3.06. The van der Waals surface area contributed by atoms with Crippen LogP contribution in [-0.4, -0.2) is 29.0 Å². The zero-order chi connectivity index (χ0) is 18.8. The van der Waals surface area contributed by atoms with E-state index in [-0.39, 0.29) is 23.5 Å². The first kappa shape index (κ1) is 17.5. The number of hydrogen-bond acceptors (Lipinski definition) is 5. The van der Waals surface area contributed by atoms with Crippen LogP contribution in [0.25, 0.3) is 0 Å². The van der Waals surface area contributed by atoms with Crippen molar-refractivity contribution in [1.29, 1.82) is 0 Å². The number of phenolic OH excluding ortho intramolecular Hbond substituents is 1. The van der Waals surface area contributed by atoms with Crippen molar-refractivity contribution >= 4 is 17.4 Å². The minimum atomic E-state index is -0.760. The first-order valence-corrected chi connectivity index (χ1v) is 8.20. The summed E-state index contributed by atoms with van der Waals surface area (Å²) in [6.45, 7) is 1.68. The van der Waals surface area contributed by atoms with Crippen molar-refractivity contribution in [2.75, 3.05) is 12.0 Å². The summed E-state index contributed by atoms with van der Waals surface area (Å²) in [5.41, 5.74) is 1.21. The summed E-state index contributed by atoms with van der Waals surface area (Å²) >= 11 is 0. The summed E-state index contributed by atoms with van der Waals surface area (Å²) in [5.74, 6) is -0.769. The van der Waals surface area contributed by atoms with Crippen molar-refractivity contribution in [3.8, 4) is 11.5 Å². The van der Waals surface area contributed by atoms with Gasteiger partial charge >= 0.3 is 0 Å². The number of carbonyl (C=O) groups is 2. The molecule has 2 aromatic rings. The van der Waals surface area contributed by atoms with Crippen LogP contribution in [0.3, 0.4) is 0 Å². The van der Waals surface area contributed by atoms with Crippen molar-refractivity contribution in [2.45, 2.75) is 19.4 Å². The quantitative estimate of drug-likeness (QED) is 0.861. The third-order valence-corrected chi connectivity index (χ3v) is 4.39. The van der Waals surface area contributed by atoms with E-state index in [1.807, 2.05) is 0 Å². The fourth-order valence-electron chi connectivity index (χ4n) is 3.06. The summed E-state index contributed by atoms with van der Waals surface area (Å²) in [7, 11) is 1.54. The summed E-state index contributed by atoms with van der Waals surface area (Å²) < 4.78 is 5.14. The monoisotopic (exact) mass is 353 g/mol. The molecule has 2 aromatic carbocycles. The van der Waals surface area contributed by atoms with Gasteiger partial charge in [0.25, 0.3) is 5.91 Å². The maximum absolute atomic E-state index is 12.7. The third kappa shape index (κ3) is 2.90. The van der Waals surface area contributed by atoms with Crippen LogP contribution < -0.4 is 9.64 Å². The second-order valence-corrected chi connectivity index (χ2v) is 5.91. The molecule has 1 heterocycles. The average molecular weight is 353 g/mol. The molecule has 0 aliphatic carbocycles. The van der Waals surface area contributed by atoms with E-state index in [0.29, 0.717) is 17.0 Å². The van der Waals surface area contributed by atoms with Crippen molar-refractivity contribution in [1.82, 2.24) is 0 Å². The lowest BCUT2D eigenvalue weighted by Gasteiger charge is -2.27. The number of benzene rings is 2. The summed E-state index contributed by atoms with van der Waals surface area (Å²) in [6, 6.07) is 12.2. The van der Waals surface area contributed by atoms with E-state index in [1.54, 1.807) is 50.4 Å². The highest BCUT2D eigenvalue weighted by atomic mass is 16.5. The van der Waals surface area contributed by atoms with Gasteiger partial charge in [-0.2, -0.15) is 0 Å². The number of rotatable bonds is 5. The molecule has 0 saturated heterocycles. The largest absolute Gasteiger partial charge is 0.508 e. The Kier molecular flexibility index (Phi) is 4.67. The Labute approximate surface area is 150 Å². The van der Waals surface area contributed by atoms with Gasteiger partial charge in [0.1, 0.15) is 11.5 Å². The number of aliphatic hydroxyl groups excluding tert-OH is 1. The second kappa shape index (κ2) is 6.92. The fraction of sp³-hybridized carbons (Fsp3) is 0.200. The lowest BCUT2D eigenvalue weighted by Crippen LogP contribution is -2.30. The molecule has 3 rings (SSSR count). The van der Waals surface area contributed by atoms with E-state index < -0.39 is 17.7 Å². The van der Waals surface area contributed by atoms with Crippen molar-refractivity contribution in [3.05, 3.63) is 65.4 Å². The predicted molar refractivity (Wildman–Crippen MR) is 96.3 cm³/mol. The number of methoxy groups -OCH3 is 1. The number of ketones is 1. The Morgan fingerprint density at radius 1 is 1.08 bits per heavy atom. The zero-order valence-corrected chi connectivity index (χ0v) is 14.5. The number of nitrogens with zero attached hydrogens (tertiary/aromatic N) is 1. The molecule has 1 aliphatic heterocycles. The van der Waals surface area contributed by atoms with E-state index in [9.17, 15) is 19.8 Å². The molecule has 6 nitrogen and oxygen atoms in total. The molecule has 6 heteroatoms. The van der Waals surface area contributed by atoms with Gasteiger partial charge < -0.3 is 14.9 Å². The van der Waals surface area contributed by atoms with Crippen molar-refractivity contribution < 1.29 is 24.5 Å². The lowest BCUT2D eigenvalue weighted by molar-refractivity contribution is -0.118. The molecule has 0 bridgehead atoms. The van der Waals surface area contributed by atoms with Gasteiger partial charge in [0.15, 0.2) is 11.5 Å². The van der Waals surface area contributed by atoms with Crippen LogP contribution in [0.15, 0.2) is 59.9 Å². The predicted octanol–water partition coefficient (Wildman–Crippen LogP) is 3.28. The molecule has 0 spiro atoms. The first-order chi connectivity index (χ1) is 12.5. The van der Waals surface area contributed by atoms with Gasteiger partial charge in [-0.15, -0.1) is 0 Å². The number of Topliss-reactive ketones (excluding diaryl/α,β-unsaturated/α-hetero) is 1. The number of hydrogen-bond donors (Lipinski definition) is 2. The van der Waals surface area contributed by atoms with E-state index in [1.165, 1.54) is 17.0 Å². The van der Waals surface area contributed by atoms with Gasteiger partial charge in [0.05, 0.1) is 18.7 Å². The minimum Gasteiger partial charge on any atom is -0.508 e. The second-order valence-electron chi connectivity index (χ2n) is 5.91. The maximum atomic E-state index is 12.7. The number of aliphatic hydroxyl groups is 1. The summed E-state index contributed by atoms with van der Waals surface area (Å²) in [6.07, 6.45) is 0.164. The van der Waals surface area contributed by atoms with Gasteiger partial charge in [-0.05, 0) is 42.0 Å². The molecule has 134 valence electrons. The van der Waals surface area contributed by atoms with Gasteiger partial charge in [-0.25, -0.2) is 0 Å². The Bertz CT molecular complexity index is 868. The van der Waals surface area contributed by atoms with Crippen LogP contribution in [0.1, 0.15) is 24.9 Å².